The van der Waals surface area contributed by atoms with E-state index < -0.39 is 4.92 Å². The third kappa shape index (κ3) is 3.81. The summed E-state index contributed by atoms with van der Waals surface area (Å²) in [4.78, 5) is 10.8. The van der Waals surface area contributed by atoms with Gasteiger partial charge in [0.15, 0.2) is 16.7 Å². The summed E-state index contributed by atoms with van der Waals surface area (Å²) in [6, 6.07) is 12.4. The second-order valence-corrected chi connectivity index (χ2v) is 7.27. The molecule has 0 unspecified atom stereocenters. The average molecular weight is 410 g/mol. The zero-order valence-electron chi connectivity index (χ0n) is 15.9. The molecule has 1 aromatic heterocycles. The van der Waals surface area contributed by atoms with Gasteiger partial charge in [-0.05, 0) is 31.5 Å². The normalized spacial score (nSPS) is 13.0. The molecule has 0 atom stereocenters. The van der Waals surface area contributed by atoms with Gasteiger partial charge < -0.3 is 9.47 Å². The number of ether oxygens (including phenoxy) is 2. The lowest BCUT2D eigenvalue weighted by Crippen LogP contribution is -2.04. The van der Waals surface area contributed by atoms with Crippen molar-refractivity contribution in [1.29, 1.82) is 0 Å². The summed E-state index contributed by atoms with van der Waals surface area (Å²) in [6.07, 6.45) is 1.90. The Morgan fingerprint density at radius 2 is 2.07 bits per heavy atom. The van der Waals surface area contributed by atoms with Crippen LogP contribution in [0.15, 0.2) is 53.7 Å². The van der Waals surface area contributed by atoms with Gasteiger partial charge in [0.2, 0.25) is 6.79 Å². The number of nitrogens with zero attached hydrogens (tertiary/aromatic N) is 4. The molecule has 0 saturated carbocycles. The van der Waals surface area contributed by atoms with E-state index in [2.05, 4.69) is 10.2 Å². The summed E-state index contributed by atoms with van der Waals surface area (Å²) in [5.74, 6) is 2.87. The molecule has 0 fully saturated rings. The van der Waals surface area contributed by atoms with Crippen LogP contribution in [0, 0.1) is 17.0 Å². The maximum absolute atomic E-state index is 11.2. The molecule has 0 aliphatic carbocycles. The molecule has 1 aliphatic rings. The minimum Gasteiger partial charge on any atom is -0.454 e. The van der Waals surface area contributed by atoms with E-state index in [-0.39, 0.29) is 12.5 Å². The fourth-order valence-electron chi connectivity index (χ4n) is 3.10. The van der Waals surface area contributed by atoms with Crippen molar-refractivity contribution in [2.45, 2.75) is 24.8 Å². The van der Waals surface area contributed by atoms with Gasteiger partial charge in [0, 0.05) is 23.4 Å². The fourth-order valence-corrected chi connectivity index (χ4v) is 4.03. The second kappa shape index (κ2) is 7.96. The zero-order valence-corrected chi connectivity index (χ0v) is 16.7. The van der Waals surface area contributed by atoms with E-state index in [1.54, 1.807) is 12.1 Å². The molecule has 148 valence electrons. The Hall–Kier alpha value is -3.33. The van der Waals surface area contributed by atoms with Crippen LogP contribution in [0.1, 0.15) is 23.9 Å². The largest absolute Gasteiger partial charge is 0.454 e. The Labute approximate surface area is 171 Å². The minimum atomic E-state index is -0.398. The molecule has 0 bridgehead atoms. The number of aryl methyl sites for hydroxylation is 1. The Morgan fingerprint density at radius 3 is 2.86 bits per heavy atom. The van der Waals surface area contributed by atoms with Crippen molar-refractivity contribution in [3.05, 3.63) is 75.6 Å². The van der Waals surface area contributed by atoms with Crippen LogP contribution in [0.2, 0.25) is 0 Å². The van der Waals surface area contributed by atoms with Gasteiger partial charge in [-0.3, -0.25) is 14.7 Å². The number of allylic oxidation sites excluding steroid dienone is 1. The summed E-state index contributed by atoms with van der Waals surface area (Å²) in [5.41, 5.74) is 2.64. The molecule has 0 N–H and O–H groups in total. The lowest BCUT2D eigenvalue weighted by atomic mass is 10.1. The van der Waals surface area contributed by atoms with E-state index in [1.165, 1.54) is 17.8 Å². The van der Waals surface area contributed by atoms with Gasteiger partial charge in [-0.2, -0.15) is 0 Å². The van der Waals surface area contributed by atoms with Crippen LogP contribution in [0.3, 0.4) is 0 Å². The van der Waals surface area contributed by atoms with Crippen LogP contribution < -0.4 is 9.47 Å². The summed E-state index contributed by atoms with van der Waals surface area (Å²) in [7, 11) is 0. The summed E-state index contributed by atoms with van der Waals surface area (Å²) >= 11 is 1.53. The van der Waals surface area contributed by atoms with Crippen LogP contribution >= 0.6 is 11.8 Å². The number of fused-ring (bicyclic) bond motifs is 1. The monoisotopic (exact) mass is 410 g/mol. The maximum atomic E-state index is 11.2. The van der Waals surface area contributed by atoms with Crippen molar-refractivity contribution in [3.8, 4) is 11.5 Å². The predicted molar refractivity (Wildman–Crippen MR) is 109 cm³/mol. The zero-order chi connectivity index (χ0) is 20.4. The van der Waals surface area contributed by atoms with Crippen LogP contribution in [-0.4, -0.2) is 26.5 Å². The smallest absolute Gasteiger partial charge is 0.270 e. The van der Waals surface area contributed by atoms with Crippen LogP contribution in [-0.2, 0) is 5.75 Å². The van der Waals surface area contributed by atoms with E-state index in [0.29, 0.717) is 16.7 Å². The maximum Gasteiger partial charge on any atom is 0.270 e. The molecule has 1 aliphatic heterocycles. The van der Waals surface area contributed by atoms with Crippen LogP contribution in [0.25, 0.3) is 5.70 Å². The third-order valence-electron chi connectivity index (χ3n) is 4.47. The van der Waals surface area contributed by atoms with Gasteiger partial charge in [0.05, 0.1) is 10.6 Å². The molecular weight excluding hydrogens is 392 g/mol. The Kier molecular flexibility index (Phi) is 5.22. The number of nitro benzene ring substituents is 1. The first-order chi connectivity index (χ1) is 14.1. The Bertz CT molecular complexity index is 1110. The van der Waals surface area contributed by atoms with Crippen molar-refractivity contribution in [2.75, 3.05) is 6.79 Å². The topological polar surface area (TPSA) is 92.3 Å². The first kappa shape index (κ1) is 19.0. The number of hydrogen-bond donors (Lipinski definition) is 0. The minimum absolute atomic E-state index is 0.0436. The van der Waals surface area contributed by atoms with Gasteiger partial charge in [0.1, 0.15) is 5.82 Å². The second-order valence-electron chi connectivity index (χ2n) is 6.32. The van der Waals surface area contributed by atoms with Crippen molar-refractivity contribution < 1.29 is 14.4 Å². The molecular formula is C20H18N4O4S. The molecule has 0 radical (unpaired) electrons. The third-order valence-corrected chi connectivity index (χ3v) is 5.47. The first-order valence-electron chi connectivity index (χ1n) is 8.91. The number of benzene rings is 2. The molecule has 4 rings (SSSR count). The molecule has 0 saturated heterocycles. The number of thioether (sulfide) groups is 1. The number of nitro groups is 1. The Balaban J connectivity index is 1.61. The number of aromatic nitrogens is 3. The fraction of sp³-hybridized carbons (Fsp3) is 0.200. The lowest BCUT2D eigenvalue weighted by Gasteiger charge is -2.13. The van der Waals surface area contributed by atoms with E-state index in [0.717, 1.165) is 28.3 Å². The summed E-state index contributed by atoms with van der Waals surface area (Å²) < 4.78 is 12.7. The van der Waals surface area contributed by atoms with Crippen LogP contribution in [0.5, 0.6) is 11.5 Å². The SMILES string of the molecule is C/C=C(/c1cccc([N+](=O)[O-])c1)n1c(C)nnc1SCc1ccc2c(c1)OCO2. The van der Waals surface area contributed by atoms with Gasteiger partial charge >= 0.3 is 0 Å². The first-order valence-corrected chi connectivity index (χ1v) is 9.90. The molecule has 3 aromatic rings. The van der Waals surface area contributed by atoms with E-state index in [4.69, 9.17) is 9.47 Å². The molecule has 0 spiro atoms. The molecule has 2 aromatic carbocycles. The van der Waals surface area contributed by atoms with Gasteiger partial charge in [-0.15, -0.1) is 10.2 Å². The summed E-state index contributed by atoms with van der Waals surface area (Å²) in [5, 5.41) is 20.4. The van der Waals surface area contributed by atoms with E-state index in [9.17, 15) is 10.1 Å². The van der Waals surface area contributed by atoms with Gasteiger partial charge in [-0.1, -0.05) is 36.0 Å². The van der Waals surface area contributed by atoms with E-state index in [1.807, 2.05) is 48.8 Å². The lowest BCUT2D eigenvalue weighted by molar-refractivity contribution is -0.384. The van der Waals surface area contributed by atoms with Crippen LogP contribution in [0.4, 0.5) is 5.69 Å². The van der Waals surface area contributed by atoms with Crippen molar-refractivity contribution in [3.63, 3.8) is 0 Å². The highest BCUT2D eigenvalue weighted by Gasteiger charge is 2.18. The highest BCUT2D eigenvalue weighted by molar-refractivity contribution is 7.98. The van der Waals surface area contributed by atoms with Crippen molar-refractivity contribution in [2.24, 2.45) is 0 Å². The Morgan fingerprint density at radius 1 is 1.24 bits per heavy atom. The number of non-ortho nitro benzene ring substituents is 1. The standard InChI is InChI=1S/C20H18N4O4S/c1-3-17(15-5-4-6-16(10-15)24(25)26)23-13(2)21-22-20(23)29-11-14-7-8-18-19(9-14)28-12-27-18/h3-10H,11-12H2,1-2H3/b17-3-. The molecule has 9 heteroatoms. The van der Waals surface area contributed by atoms with Crippen molar-refractivity contribution in [1.82, 2.24) is 14.8 Å². The predicted octanol–water partition coefficient (Wildman–Crippen LogP) is 4.42. The highest BCUT2D eigenvalue weighted by Crippen LogP contribution is 2.35. The van der Waals surface area contributed by atoms with E-state index >= 15 is 0 Å². The quantitative estimate of drug-likeness (QED) is 0.337. The van der Waals surface area contributed by atoms with Gasteiger partial charge in [0.25, 0.3) is 5.69 Å². The number of hydrogen-bond acceptors (Lipinski definition) is 7. The average Bonchev–Trinajstić information content (AvgIpc) is 3.34. The molecule has 2 heterocycles. The number of rotatable bonds is 6. The molecule has 8 nitrogen and oxygen atoms in total. The highest BCUT2D eigenvalue weighted by atomic mass is 32.2. The summed E-state index contributed by atoms with van der Waals surface area (Å²) in [6.45, 7) is 3.99. The molecule has 29 heavy (non-hydrogen) atoms. The van der Waals surface area contributed by atoms with Gasteiger partial charge in [-0.25, -0.2) is 0 Å². The molecule has 0 amide bonds. The van der Waals surface area contributed by atoms with Crippen molar-refractivity contribution >= 4 is 23.1 Å².